The summed E-state index contributed by atoms with van der Waals surface area (Å²) in [6, 6.07) is 0. The van der Waals surface area contributed by atoms with Crippen molar-refractivity contribution >= 4 is 0 Å². The molecular weight excluding hydrogens is 1710 g/mol. The fourth-order valence-electron chi connectivity index (χ4n) is 7.37. The third-order valence-electron chi connectivity index (χ3n) is 13.1. The highest BCUT2D eigenvalue weighted by atomic mass is 16.7. The third-order valence-corrected chi connectivity index (χ3v) is 13.1. The van der Waals surface area contributed by atoms with E-state index in [0.29, 0.717) is 251 Å². The molecule has 30 heteroatoms. The summed E-state index contributed by atoms with van der Waals surface area (Å²) in [7, 11) is 0. The number of rotatable bonds is 102. The molecule has 0 heterocycles. The number of hydrogen-bond donors (Lipinski definition) is 0. The minimum atomic E-state index is 0.239. The lowest BCUT2D eigenvalue weighted by molar-refractivity contribution is -0.121. The summed E-state index contributed by atoms with van der Waals surface area (Å²) in [5.74, 6) is 0. The minimum Gasteiger partial charge on any atom is -0.502 e. The smallest absolute Gasteiger partial charge is 0.150 e. The van der Waals surface area contributed by atoms with Crippen LogP contribution in [0.15, 0.2) is 254 Å². The Morgan fingerprint density at radius 3 is 0.386 bits per heavy atom. The van der Waals surface area contributed by atoms with Crippen molar-refractivity contribution in [3.05, 3.63) is 254 Å². The van der Waals surface area contributed by atoms with Gasteiger partial charge in [-0.1, -0.05) is 125 Å². The molecule has 0 N–H and O–H groups in total. The molecular formula is C102H184O30. The van der Waals surface area contributed by atoms with E-state index in [1.807, 2.05) is 0 Å². The second kappa shape index (κ2) is 170. The van der Waals surface area contributed by atoms with Gasteiger partial charge in [0, 0.05) is 52.9 Å². The maximum absolute atomic E-state index is 5.38. The van der Waals surface area contributed by atoms with Crippen LogP contribution in [-0.2, 0) is 142 Å². The van der Waals surface area contributed by atoms with E-state index in [-0.39, 0.29) is 13.6 Å². The lowest BCUT2D eigenvalue weighted by atomic mass is 10.2. The lowest BCUT2D eigenvalue weighted by Crippen LogP contribution is -2.13. The van der Waals surface area contributed by atoms with E-state index in [0.717, 1.165) is 131 Å². The van der Waals surface area contributed by atoms with Gasteiger partial charge in [-0.2, -0.15) is 0 Å². The zero-order chi connectivity index (χ0) is 99.2. The molecule has 0 atom stereocenters. The van der Waals surface area contributed by atoms with Crippen LogP contribution in [0, 0.1) is 0 Å². The molecule has 0 aliphatic rings. The zero-order valence-electron chi connectivity index (χ0n) is 81.8. The fraction of sp³-hybridized carbons (Fsp3) is 0.608. The second-order valence-corrected chi connectivity index (χ2v) is 24.4. The second-order valence-electron chi connectivity index (χ2n) is 24.4. The predicted octanol–water partition coefficient (Wildman–Crippen LogP) is 17.6. The number of unbranched alkanes of at least 4 members (excludes halogenated alkanes) is 4. The Bertz CT molecular complexity index is 2040. The Balaban J connectivity index is -0.000000158. The van der Waals surface area contributed by atoms with Crippen molar-refractivity contribution in [3.8, 4) is 0 Å². The molecule has 0 unspecified atom stereocenters. The molecule has 0 aromatic heterocycles. The summed E-state index contributed by atoms with van der Waals surface area (Å²) in [6.07, 6.45) is 43.0. The summed E-state index contributed by atoms with van der Waals surface area (Å²) in [5.41, 5.74) is 0. The van der Waals surface area contributed by atoms with Gasteiger partial charge >= 0.3 is 0 Å². The molecule has 30 nitrogen and oxygen atoms in total. The Morgan fingerprint density at radius 2 is 0.220 bits per heavy atom. The van der Waals surface area contributed by atoms with Crippen molar-refractivity contribution in [1.82, 2.24) is 0 Å². The Morgan fingerprint density at radius 1 is 0.0985 bits per heavy atom. The van der Waals surface area contributed by atoms with Crippen LogP contribution in [0.1, 0.15) is 64.2 Å². The molecule has 0 spiro atoms. The highest BCUT2D eigenvalue weighted by Gasteiger charge is 1.98. The van der Waals surface area contributed by atoms with Crippen molar-refractivity contribution in [1.29, 1.82) is 0 Å². The molecule has 0 aromatic carbocycles. The van der Waals surface area contributed by atoms with Gasteiger partial charge in [-0.25, -0.2) is 0 Å². The van der Waals surface area contributed by atoms with E-state index >= 15 is 0 Å². The van der Waals surface area contributed by atoms with Crippen molar-refractivity contribution in [2.24, 2.45) is 0 Å². The van der Waals surface area contributed by atoms with Gasteiger partial charge in [0.15, 0.2) is 0 Å². The average molecular weight is 1890 g/mol. The van der Waals surface area contributed by atoms with Crippen LogP contribution < -0.4 is 0 Å². The largest absolute Gasteiger partial charge is 0.502 e. The Hall–Kier alpha value is -7.36. The number of hydrogen-bond acceptors (Lipinski definition) is 30. The SMILES string of the molecule is C=CCOCCCOCCCOCC=C.C=CCOCCCOCCCOCC=C.C=CCOCCOCC=C.C=CCOCCOCCOCC=C.C=CCOCCOCCOCCOCC=C.C=CCOCCOCCOCCOCCOCC=C.C=CCOCOCOCC=C.C=COCCCCCCOC=C.C=COCCCCOC=C.C=COCCOCCOC=C. The van der Waals surface area contributed by atoms with Crippen LogP contribution in [0.3, 0.4) is 0 Å². The molecule has 0 amide bonds. The van der Waals surface area contributed by atoms with Gasteiger partial charge in [-0.15, -0.1) is 92.1 Å². The highest BCUT2D eigenvalue weighted by Crippen LogP contribution is 2.01. The van der Waals surface area contributed by atoms with Crippen molar-refractivity contribution in [2.45, 2.75) is 64.2 Å². The maximum atomic E-state index is 5.38. The molecule has 0 aromatic rings. The van der Waals surface area contributed by atoms with Crippen LogP contribution >= 0.6 is 0 Å². The summed E-state index contributed by atoms with van der Waals surface area (Å²) in [5, 5.41) is 0. The van der Waals surface area contributed by atoms with Crippen molar-refractivity contribution in [2.75, 3.05) is 344 Å². The quantitative estimate of drug-likeness (QED) is 0.0237. The molecule has 132 heavy (non-hydrogen) atoms. The first-order valence-corrected chi connectivity index (χ1v) is 44.9. The Labute approximate surface area is 800 Å². The lowest BCUT2D eigenvalue weighted by Gasteiger charge is -2.07. The van der Waals surface area contributed by atoms with Gasteiger partial charge in [0.25, 0.3) is 0 Å². The Kier molecular flexibility index (Phi) is 187. The van der Waals surface area contributed by atoms with Gasteiger partial charge in [0.2, 0.25) is 0 Å². The molecule has 0 saturated heterocycles. The molecule has 0 rings (SSSR count). The van der Waals surface area contributed by atoms with E-state index in [4.69, 9.17) is 142 Å². The van der Waals surface area contributed by atoms with E-state index < -0.39 is 0 Å². The molecule has 0 fully saturated rings. The van der Waals surface area contributed by atoms with Crippen LogP contribution in [0.5, 0.6) is 0 Å². The normalized spacial score (nSPS) is 9.70. The zero-order valence-corrected chi connectivity index (χ0v) is 81.8. The van der Waals surface area contributed by atoms with Gasteiger partial charge < -0.3 is 142 Å². The molecule has 0 radical (unpaired) electrons. The predicted molar refractivity (Wildman–Crippen MR) is 536 cm³/mol. The monoisotopic (exact) mass is 1890 g/mol. The first-order valence-electron chi connectivity index (χ1n) is 44.9. The van der Waals surface area contributed by atoms with Crippen LogP contribution in [0.4, 0.5) is 0 Å². The summed E-state index contributed by atoms with van der Waals surface area (Å²) in [6.45, 7) is 102. The van der Waals surface area contributed by atoms with Crippen molar-refractivity contribution < 1.29 is 142 Å². The van der Waals surface area contributed by atoms with E-state index in [1.54, 1.807) is 85.1 Å². The van der Waals surface area contributed by atoms with E-state index in [2.05, 4.69) is 132 Å². The number of ether oxygens (including phenoxy) is 30. The summed E-state index contributed by atoms with van der Waals surface area (Å²) in [4.78, 5) is 0. The molecule has 0 aliphatic carbocycles. The minimum absolute atomic E-state index is 0.239. The average Bonchev–Trinajstić information content (AvgIpc) is 1.13. The van der Waals surface area contributed by atoms with Crippen LogP contribution in [0.2, 0.25) is 0 Å². The highest BCUT2D eigenvalue weighted by molar-refractivity contribution is 4.71. The maximum Gasteiger partial charge on any atom is 0.150 e. The standard InChI is InChI=1S/C14H26O5.C12H22O4.2C12H22O3.C10H18O3.C10H18O2.2C8H14O3.2C8H14O2/c1-3-5-15-7-9-17-11-13-19-14-12-18-10-8-16-6-4-2;1-3-5-13-7-9-15-11-12-16-10-8-14-6-4-2;2*1-3-7-13-9-5-11-15-12-6-10-14-8-4-2;1-3-5-11-7-9-13-10-8-12-6-4-2;1-3-11-9-7-5-6-8-10-12-4-2;1-3-9-5-7-11-8-6-10-4-2;1-3-5-9-7-11-8-10-6-4-2;1-3-9-7-5-6-8-10-4-2;1-3-5-9-7-8-10-6-4-2/h3-4H,1-2,5-14H2;3-4H,1-2,5-12H2;2*3-4H,1-2,5-12H2;3-4H,1-2,5-10H2;3-4H,1-2,5-10H2;2*3-4H,1-2,5-8H2;2*3-4H,1-2,5-8H2. The molecule has 0 bridgehead atoms. The molecule has 0 saturated carbocycles. The summed E-state index contributed by atoms with van der Waals surface area (Å²) < 4.78 is 153. The van der Waals surface area contributed by atoms with E-state index in [9.17, 15) is 0 Å². The molecule has 772 valence electrons. The van der Waals surface area contributed by atoms with Gasteiger partial charge in [-0.3, -0.25) is 0 Å². The topological polar surface area (TPSA) is 277 Å². The van der Waals surface area contributed by atoms with Gasteiger partial charge in [-0.05, 0) is 64.2 Å². The first kappa shape index (κ1) is 145. The fourth-order valence-corrected chi connectivity index (χ4v) is 7.37. The summed E-state index contributed by atoms with van der Waals surface area (Å²) >= 11 is 0. The first-order chi connectivity index (χ1) is 65.1. The van der Waals surface area contributed by atoms with Crippen LogP contribution in [0.25, 0.3) is 0 Å². The van der Waals surface area contributed by atoms with E-state index in [1.165, 1.54) is 50.4 Å². The third kappa shape index (κ3) is 203. The molecule has 0 aliphatic heterocycles. The van der Waals surface area contributed by atoms with Gasteiger partial charge in [0.1, 0.15) is 26.8 Å². The van der Waals surface area contributed by atoms with Crippen LogP contribution in [-0.4, -0.2) is 344 Å². The van der Waals surface area contributed by atoms with Gasteiger partial charge in [0.05, 0.1) is 302 Å². The van der Waals surface area contributed by atoms with Crippen molar-refractivity contribution in [3.63, 3.8) is 0 Å².